The van der Waals surface area contributed by atoms with E-state index >= 15 is 0 Å². The van der Waals surface area contributed by atoms with Crippen LogP contribution in [0.2, 0.25) is 0 Å². The van der Waals surface area contributed by atoms with Crippen molar-refractivity contribution >= 4 is 11.6 Å². The summed E-state index contributed by atoms with van der Waals surface area (Å²) in [5.41, 5.74) is 2.16. The number of benzene rings is 1. The molecule has 0 spiro atoms. The van der Waals surface area contributed by atoms with E-state index in [1.54, 1.807) is 41.3 Å². The van der Waals surface area contributed by atoms with Crippen molar-refractivity contribution in [3.05, 3.63) is 47.8 Å². The highest BCUT2D eigenvalue weighted by atomic mass is 16.1. The minimum Gasteiger partial charge on any atom is -0.323 e. The van der Waals surface area contributed by atoms with Gasteiger partial charge in [-0.3, -0.25) is 9.48 Å². The van der Waals surface area contributed by atoms with E-state index in [0.717, 1.165) is 5.56 Å². The fraction of sp³-hybridized carbons (Fsp3) is 0.267. The Hall–Kier alpha value is -2.61. The third-order valence-electron chi connectivity index (χ3n) is 2.86. The van der Waals surface area contributed by atoms with Crippen LogP contribution in [0, 0.1) is 11.3 Å². The predicted octanol–water partition coefficient (Wildman–Crippen LogP) is 2.52. The molecule has 0 unspecified atom stereocenters. The fourth-order valence-corrected chi connectivity index (χ4v) is 1.77. The number of carbonyl (C=O) groups is 1. The van der Waals surface area contributed by atoms with Gasteiger partial charge >= 0.3 is 0 Å². The number of hydrogen-bond acceptors (Lipinski definition) is 3. The second-order valence-electron chi connectivity index (χ2n) is 4.84. The number of hydrogen-bond donors (Lipinski definition) is 1. The largest absolute Gasteiger partial charge is 0.323 e. The zero-order valence-corrected chi connectivity index (χ0v) is 11.5. The lowest BCUT2D eigenvalue weighted by molar-refractivity contribution is -0.115. The van der Waals surface area contributed by atoms with Gasteiger partial charge in [0.05, 0.1) is 29.9 Å². The number of carbonyl (C=O) groups excluding carboxylic acids is 1. The van der Waals surface area contributed by atoms with Crippen molar-refractivity contribution in [3.63, 3.8) is 0 Å². The van der Waals surface area contributed by atoms with Crippen LogP contribution in [0.1, 0.15) is 31.0 Å². The lowest BCUT2D eigenvalue weighted by Crippen LogP contribution is -2.14. The molecule has 5 heteroatoms. The first-order valence-electron chi connectivity index (χ1n) is 6.41. The molecule has 0 saturated carbocycles. The Bertz CT molecular complexity index is 635. The van der Waals surface area contributed by atoms with Crippen LogP contribution in [0.5, 0.6) is 0 Å². The van der Waals surface area contributed by atoms with E-state index in [4.69, 9.17) is 5.26 Å². The molecule has 102 valence electrons. The topological polar surface area (TPSA) is 70.7 Å². The van der Waals surface area contributed by atoms with E-state index in [2.05, 4.69) is 10.4 Å². The molecule has 2 rings (SSSR count). The summed E-state index contributed by atoms with van der Waals surface area (Å²) < 4.78 is 1.79. The molecule has 1 heterocycles. The lowest BCUT2D eigenvalue weighted by atomic mass is 10.1. The monoisotopic (exact) mass is 268 g/mol. The van der Waals surface area contributed by atoms with E-state index in [0.29, 0.717) is 11.3 Å². The second kappa shape index (κ2) is 6.02. The van der Waals surface area contributed by atoms with Gasteiger partial charge in [0.15, 0.2) is 0 Å². The Balaban J connectivity index is 1.96. The molecule has 1 N–H and O–H groups in total. The van der Waals surface area contributed by atoms with Gasteiger partial charge in [0.2, 0.25) is 5.91 Å². The highest BCUT2D eigenvalue weighted by molar-refractivity contribution is 5.91. The molecule has 0 atom stereocenters. The number of nitrogens with zero attached hydrogens (tertiary/aromatic N) is 3. The molecule has 1 aromatic heterocycles. The predicted molar refractivity (Wildman–Crippen MR) is 76.1 cm³/mol. The molecule has 0 aliphatic rings. The molecule has 0 fully saturated rings. The van der Waals surface area contributed by atoms with Crippen molar-refractivity contribution in [1.82, 2.24) is 9.78 Å². The van der Waals surface area contributed by atoms with Gasteiger partial charge in [-0.2, -0.15) is 10.4 Å². The zero-order valence-electron chi connectivity index (χ0n) is 11.5. The first-order chi connectivity index (χ1) is 9.58. The number of nitrogens with one attached hydrogen (secondary N) is 1. The maximum absolute atomic E-state index is 11.9. The van der Waals surface area contributed by atoms with Gasteiger partial charge in [-0.25, -0.2) is 0 Å². The van der Waals surface area contributed by atoms with Crippen LogP contribution in [0.25, 0.3) is 0 Å². The molecule has 0 aliphatic heterocycles. The molecule has 0 saturated heterocycles. The quantitative estimate of drug-likeness (QED) is 0.926. The molecule has 1 amide bonds. The van der Waals surface area contributed by atoms with Crippen LogP contribution in [-0.2, 0) is 11.2 Å². The summed E-state index contributed by atoms with van der Waals surface area (Å²) in [6, 6.07) is 9.30. The maximum atomic E-state index is 11.9. The molecule has 5 nitrogen and oxygen atoms in total. The smallest absolute Gasteiger partial charge is 0.228 e. The van der Waals surface area contributed by atoms with Crippen molar-refractivity contribution in [2.75, 3.05) is 5.32 Å². The van der Waals surface area contributed by atoms with Gasteiger partial charge in [-0.15, -0.1) is 0 Å². The van der Waals surface area contributed by atoms with Crippen LogP contribution in [0.15, 0.2) is 36.7 Å². The van der Waals surface area contributed by atoms with Crippen molar-refractivity contribution in [2.45, 2.75) is 26.3 Å². The lowest BCUT2D eigenvalue weighted by Gasteiger charge is -2.04. The van der Waals surface area contributed by atoms with Crippen molar-refractivity contribution in [1.29, 1.82) is 5.26 Å². The summed E-state index contributed by atoms with van der Waals surface area (Å²) in [5, 5.41) is 15.7. The second-order valence-corrected chi connectivity index (χ2v) is 4.84. The Labute approximate surface area is 117 Å². The number of rotatable bonds is 4. The summed E-state index contributed by atoms with van der Waals surface area (Å²) in [4.78, 5) is 11.9. The zero-order chi connectivity index (χ0) is 14.5. The van der Waals surface area contributed by atoms with Gasteiger partial charge in [0.1, 0.15) is 0 Å². The van der Waals surface area contributed by atoms with Crippen molar-refractivity contribution < 1.29 is 4.79 Å². The molecule has 0 bridgehead atoms. The number of aromatic nitrogens is 2. The van der Waals surface area contributed by atoms with Gasteiger partial charge in [-0.1, -0.05) is 12.1 Å². The van der Waals surface area contributed by atoms with Crippen LogP contribution in [0.3, 0.4) is 0 Å². The fourth-order valence-electron chi connectivity index (χ4n) is 1.77. The number of amides is 1. The minimum absolute atomic E-state index is 0.0991. The highest BCUT2D eigenvalue weighted by Crippen LogP contribution is 2.11. The SMILES string of the molecule is CC(C)n1cc(NC(=O)Cc2ccc(C#N)cc2)cn1. The van der Waals surface area contributed by atoms with Crippen LogP contribution in [-0.4, -0.2) is 15.7 Å². The van der Waals surface area contributed by atoms with E-state index in [-0.39, 0.29) is 18.4 Å². The molecule has 1 aromatic carbocycles. The Morgan fingerprint density at radius 1 is 1.40 bits per heavy atom. The van der Waals surface area contributed by atoms with E-state index in [1.807, 2.05) is 19.9 Å². The summed E-state index contributed by atoms with van der Waals surface area (Å²) in [7, 11) is 0. The molecule has 20 heavy (non-hydrogen) atoms. The summed E-state index contributed by atoms with van der Waals surface area (Å²) in [6.07, 6.45) is 3.72. The highest BCUT2D eigenvalue weighted by Gasteiger charge is 2.07. The first-order valence-corrected chi connectivity index (χ1v) is 6.41. The summed E-state index contributed by atoms with van der Waals surface area (Å²) in [5.74, 6) is -0.0991. The first kappa shape index (κ1) is 13.8. The molecular formula is C15H16N4O. The van der Waals surface area contributed by atoms with Gasteiger partial charge in [0, 0.05) is 12.2 Å². The Morgan fingerprint density at radius 2 is 2.10 bits per heavy atom. The average Bonchev–Trinajstić information content (AvgIpc) is 2.88. The molecule has 0 aliphatic carbocycles. The number of anilines is 1. The van der Waals surface area contributed by atoms with E-state index < -0.39 is 0 Å². The van der Waals surface area contributed by atoms with Crippen LogP contribution >= 0.6 is 0 Å². The molecule has 0 radical (unpaired) electrons. The minimum atomic E-state index is -0.0991. The maximum Gasteiger partial charge on any atom is 0.228 e. The van der Waals surface area contributed by atoms with Gasteiger partial charge in [-0.05, 0) is 31.5 Å². The van der Waals surface area contributed by atoms with E-state index in [1.165, 1.54) is 0 Å². The Morgan fingerprint density at radius 3 is 2.65 bits per heavy atom. The number of nitriles is 1. The summed E-state index contributed by atoms with van der Waals surface area (Å²) >= 11 is 0. The van der Waals surface area contributed by atoms with Gasteiger partial charge < -0.3 is 5.32 Å². The molecule has 2 aromatic rings. The summed E-state index contributed by atoms with van der Waals surface area (Å²) in [6.45, 7) is 4.05. The third kappa shape index (κ3) is 3.45. The van der Waals surface area contributed by atoms with Crippen molar-refractivity contribution in [2.24, 2.45) is 0 Å². The third-order valence-corrected chi connectivity index (χ3v) is 2.86. The van der Waals surface area contributed by atoms with Crippen molar-refractivity contribution in [3.8, 4) is 6.07 Å². The van der Waals surface area contributed by atoms with Crippen LogP contribution in [0.4, 0.5) is 5.69 Å². The van der Waals surface area contributed by atoms with Gasteiger partial charge in [0.25, 0.3) is 0 Å². The normalized spacial score (nSPS) is 10.3. The standard InChI is InChI=1S/C15H16N4O/c1-11(2)19-10-14(9-17-19)18-15(20)7-12-3-5-13(8-16)6-4-12/h3-6,9-11H,7H2,1-2H3,(H,18,20). The van der Waals surface area contributed by atoms with E-state index in [9.17, 15) is 4.79 Å². The average molecular weight is 268 g/mol. The Kier molecular flexibility index (Phi) is 4.16. The molecular weight excluding hydrogens is 252 g/mol. The van der Waals surface area contributed by atoms with Crippen LogP contribution < -0.4 is 5.32 Å².